The Labute approximate surface area is 278 Å². The van der Waals surface area contributed by atoms with Gasteiger partial charge in [-0.15, -0.1) is 0 Å². The Morgan fingerprint density at radius 2 is 0.368 bits per heavy atom. The van der Waals surface area contributed by atoms with Gasteiger partial charge in [0.05, 0.1) is 33.4 Å². The molecule has 0 aliphatic heterocycles. The number of benzene rings is 3. The molecule has 12 nitrogen and oxygen atoms in total. The maximum Gasteiger partial charge on any atom is 0.335 e. The predicted octanol–water partition coefficient (Wildman–Crippen LogP) is 3.25. The fourth-order valence-electron chi connectivity index (χ4n) is 2.27. The average Bonchev–Trinajstić information content (AvgIpc) is 2.84. The zero-order chi connectivity index (χ0) is 27.4. The fraction of sp³-hybridized carbons (Fsp3) is 0. The molecule has 0 aromatic heterocycles. The van der Waals surface area contributed by atoms with Crippen molar-refractivity contribution in [1.29, 1.82) is 0 Å². The van der Waals surface area contributed by atoms with Crippen molar-refractivity contribution in [2.45, 2.75) is 0 Å². The van der Waals surface area contributed by atoms with Crippen molar-refractivity contribution >= 4 is 35.8 Å². The van der Waals surface area contributed by atoms with Crippen LogP contribution in [0.2, 0.25) is 0 Å². The van der Waals surface area contributed by atoms with E-state index in [0.29, 0.717) is 0 Å². The Hall–Kier alpha value is -2.87. The van der Waals surface area contributed by atoms with Crippen LogP contribution in [0.1, 0.15) is 62.1 Å². The fourth-order valence-corrected chi connectivity index (χ4v) is 2.27. The van der Waals surface area contributed by atoms with Crippen molar-refractivity contribution in [3.05, 3.63) is 106 Å². The van der Waals surface area contributed by atoms with Crippen LogP contribution in [0.5, 0.6) is 0 Å². The quantitative estimate of drug-likeness (QED) is 0.211. The van der Waals surface area contributed by atoms with E-state index in [4.69, 9.17) is 30.6 Å². The van der Waals surface area contributed by atoms with E-state index < -0.39 is 35.8 Å². The van der Waals surface area contributed by atoms with Gasteiger partial charge in [-0.2, -0.15) is 0 Å². The van der Waals surface area contributed by atoms with Crippen molar-refractivity contribution in [2.24, 2.45) is 0 Å². The molecule has 3 aromatic rings. The Balaban J connectivity index is 0. The van der Waals surface area contributed by atoms with Gasteiger partial charge in [0.15, 0.2) is 0 Å². The minimum Gasteiger partial charge on any atom is -0.478 e. The molecule has 0 radical (unpaired) electrons. The van der Waals surface area contributed by atoms with Crippen LogP contribution >= 0.6 is 0 Å². The molecule has 38 heavy (non-hydrogen) atoms. The third-order valence-electron chi connectivity index (χ3n) is 4.14. The third kappa shape index (κ3) is 13.1. The summed E-state index contributed by atoms with van der Waals surface area (Å²) in [6, 6.07) is 15.1. The summed E-state index contributed by atoms with van der Waals surface area (Å²) in [5, 5.41) is 50.8. The third-order valence-corrected chi connectivity index (χ3v) is 4.14. The maximum atomic E-state index is 10.3. The summed E-state index contributed by atoms with van der Waals surface area (Å²) in [5.74, 6) is -6.38. The van der Waals surface area contributed by atoms with E-state index in [1.807, 2.05) is 0 Å². The second-order valence-electron chi connectivity index (χ2n) is 6.56. The van der Waals surface area contributed by atoms with Crippen LogP contribution in [0.3, 0.4) is 0 Å². The number of rotatable bonds is 6. The molecule has 0 aliphatic carbocycles. The van der Waals surface area contributed by atoms with E-state index in [0.717, 1.165) is 0 Å². The van der Waals surface area contributed by atoms with Gasteiger partial charge in [0.2, 0.25) is 0 Å². The molecule has 0 amide bonds. The molecular formula is C24H18Gd2O12. The second kappa shape index (κ2) is 18.4. The SMILES string of the molecule is O=C(O)c1ccc(C(=O)O)cc1.O=C(O)c1ccc(C(=O)O)cc1.O=C(O)c1ccc(C(=O)O)cc1.[Gd].[Gd]. The number of hydrogen-bond acceptors (Lipinski definition) is 6. The summed E-state index contributed by atoms with van der Waals surface area (Å²) in [7, 11) is 0. The Morgan fingerprint density at radius 1 is 0.289 bits per heavy atom. The monoisotopic (exact) mass is 814 g/mol. The topological polar surface area (TPSA) is 224 Å². The molecule has 202 valence electrons. The first-order valence-corrected chi connectivity index (χ1v) is 9.53. The Kier molecular flexibility index (Phi) is 18.0. The Morgan fingerprint density at radius 3 is 0.421 bits per heavy atom. The van der Waals surface area contributed by atoms with Gasteiger partial charge in [0.1, 0.15) is 0 Å². The minimum absolute atomic E-state index is 0. The van der Waals surface area contributed by atoms with Crippen LogP contribution < -0.4 is 0 Å². The normalized spacial score (nSPS) is 8.84. The number of aromatic carboxylic acids is 6. The van der Waals surface area contributed by atoms with Crippen LogP contribution in [0.4, 0.5) is 0 Å². The molecule has 0 atom stereocenters. The first-order valence-electron chi connectivity index (χ1n) is 9.53. The molecule has 3 aromatic carbocycles. The van der Waals surface area contributed by atoms with Gasteiger partial charge in [-0.25, -0.2) is 28.8 Å². The zero-order valence-corrected chi connectivity index (χ0v) is 23.3. The van der Waals surface area contributed by atoms with E-state index >= 15 is 0 Å². The molecule has 0 fully saturated rings. The number of carboxylic acids is 6. The summed E-state index contributed by atoms with van der Waals surface area (Å²) < 4.78 is 0. The number of carbonyl (C=O) groups is 6. The van der Waals surface area contributed by atoms with E-state index in [1.54, 1.807) is 0 Å². The minimum atomic E-state index is -1.06. The maximum absolute atomic E-state index is 10.3. The van der Waals surface area contributed by atoms with Crippen LogP contribution in [0, 0.1) is 79.9 Å². The molecule has 6 N–H and O–H groups in total. The summed E-state index contributed by atoms with van der Waals surface area (Å²) >= 11 is 0. The van der Waals surface area contributed by atoms with Gasteiger partial charge in [-0.1, -0.05) is 0 Å². The van der Waals surface area contributed by atoms with Crippen LogP contribution in [0.15, 0.2) is 72.8 Å². The largest absolute Gasteiger partial charge is 0.478 e. The molecule has 0 bridgehead atoms. The van der Waals surface area contributed by atoms with Gasteiger partial charge >= 0.3 is 35.8 Å². The molecule has 0 aliphatic rings. The summed E-state index contributed by atoms with van der Waals surface area (Å²) in [6.07, 6.45) is 0. The van der Waals surface area contributed by atoms with Crippen LogP contribution in [-0.4, -0.2) is 66.5 Å². The van der Waals surface area contributed by atoms with E-state index in [9.17, 15) is 28.8 Å². The standard InChI is InChI=1S/3C8H6O4.2Gd/c3*9-7(10)5-1-2-6(4-3-5)8(11)12;;/h3*1-4H,(H,9,10)(H,11,12);;. The first kappa shape index (κ1) is 37.3. The van der Waals surface area contributed by atoms with Gasteiger partial charge in [0.25, 0.3) is 0 Å². The van der Waals surface area contributed by atoms with Gasteiger partial charge in [-0.05, 0) is 72.8 Å². The molecule has 0 saturated heterocycles. The number of carboxylic acid groups (broad SMARTS) is 6. The van der Waals surface area contributed by atoms with Gasteiger partial charge in [-0.3, -0.25) is 0 Å². The zero-order valence-electron chi connectivity index (χ0n) is 18.8. The van der Waals surface area contributed by atoms with Crippen molar-refractivity contribution in [1.82, 2.24) is 0 Å². The predicted molar refractivity (Wildman–Crippen MR) is 121 cm³/mol. The van der Waals surface area contributed by atoms with Crippen molar-refractivity contribution in [2.75, 3.05) is 0 Å². The van der Waals surface area contributed by atoms with Crippen LogP contribution in [-0.2, 0) is 0 Å². The summed E-state index contributed by atoms with van der Waals surface area (Å²) in [4.78, 5) is 62.0. The smallest absolute Gasteiger partial charge is 0.335 e. The molecule has 0 heterocycles. The second-order valence-corrected chi connectivity index (χ2v) is 6.56. The summed E-state index contributed by atoms with van der Waals surface area (Å²) in [5.41, 5.74) is 0.500. The van der Waals surface area contributed by atoms with Gasteiger partial charge < -0.3 is 30.6 Å². The van der Waals surface area contributed by atoms with Crippen molar-refractivity contribution < 1.29 is 139 Å². The molecular weight excluding hydrogens is 795 g/mol. The number of hydrogen-bond donors (Lipinski definition) is 6. The molecule has 0 saturated carbocycles. The molecule has 3 rings (SSSR count). The van der Waals surface area contributed by atoms with Crippen molar-refractivity contribution in [3.8, 4) is 0 Å². The average molecular weight is 813 g/mol. The summed E-state index contributed by atoms with van der Waals surface area (Å²) in [6.45, 7) is 0. The Bertz CT molecular complexity index is 1010. The molecule has 0 spiro atoms. The van der Waals surface area contributed by atoms with E-state index in [1.165, 1.54) is 72.8 Å². The first-order chi connectivity index (χ1) is 16.8. The van der Waals surface area contributed by atoms with Gasteiger partial charge in [0, 0.05) is 79.9 Å². The molecule has 14 heteroatoms. The van der Waals surface area contributed by atoms with E-state index in [2.05, 4.69) is 0 Å². The van der Waals surface area contributed by atoms with Crippen LogP contribution in [0.25, 0.3) is 0 Å². The van der Waals surface area contributed by atoms with E-state index in [-0.39, 0.29) is 113 Å². The van der Waals surface area contributed by atoms with Crippen molar-refractivity contribution in [3.63, 3.8) is 0 Å². The molecule has 0 unspecified atom stereocenters.